The summed E-state index contributed by atoms with van der Waals surface area (Å²) in [5, 5.41) is 2.46. The lowest BCUT2D eigenvalue weighted by Crippen LogP contribution is -2.40. The van der Waals surface area contributed by atoms with Gasteiger partial charge in [0, 0.05) is 13.1 Å². The number of ether oxygens (including phenoxy) is 2. The van der Waals surface area contributed by atoms with Crippen molar-refractivity contribution in [3.8, 4) is 5.75 Å². The third-order valence-corrected chi connectivity index (χ3v) is 6.16. The van der Waals surface area contributed by atoms with Gasteiger partial charge in [-0.3, -0.25) is 4.79 Å². The lowest BCUT2D eigenvalue weighted by molar-refractivity contribution is -0.122. The van der Waals surface area contributed by atoms with Crippen molar-refractivity contribution in [2.24, 2.45) is 0 Å². The Morgan fingerprint density at radius 3 is 2.43 bits per heavy atom. The fraction of sp³-hybridized carbons (Fsp3) is 0.316. The molecule has 9 heteroatoms. The molecule has 150 valence electrons. The lowest BCUT2D eigenvalue weighted by Gasteiger charge is -2.26. The second-order valence-electron chi connectivity index (χ2n) is 6.22. The van der Waals surface area contributed by atoms with E-state index in [1.54, 1.807) is 6.07 Å². The summed E-state index contributed by atoms with van der Waals surface area (Å²) in [5.41, 5.74) is 0.0647. The summed E-state index contributed by atoms with van der Waals surface area (Å²) in [4.78, 5) is 12.3. The zero-order valence-corrected chi connectivity index (χ0v) is 16.1. The van der Waals surface area contributed by atoms with E-state index in [9.17, 15) is 17.6 Å². The Kier molecular flexibility index (Phi) is 6.28. The van der Waals surface area contributed by atoms with Crippen LogP contribution in [0.3, 0.4) is 0 Å². The Hall–Kier alpha value is -2.49. The molecule has 1 aliphatic heterocycles. The quantitative estimate of drug-likeness (QED) is 0.793. The molecule has 1 unspecified atom stereocenters. The van der Waals surface area contributed by atoms with Crippen LogP contribution in [-0.2, 0) is 19.6 Å². The minimum absolute atomic E-state index is 0.0647. The molecule has 1 atom stereocenters. The predicted molar refractivity (Wildman–Crippen MR) is 101 cm³/mol. The highest BCUT2D eigenvalue weighted by molar-refractivity contribution is 7.89. The summed E-state index contributed by atoms with van der Waals surface area (Å²) in [7, 11) is -3.59. The van der Waals surface area contributed by atoms with E-state index >= 15 is 0 Å². The zero-order valence-electron chi connectivity index (χ0n) is 15.3. The van der Waals surface area contributed by atoms with E-state index < -0.39 is 27.9 Å². The Labute approximate surface area is 163 Å². The highest BCUT2D eigenvalue weighted by atomic mass is 32.2. The molecule has 2 aromatic carbocycles. The van der Waals surface area contributed by atoms with Gasteiger partial charge in [0.25, 0.3) is 5.91 Å². The van der Waals surface area contributed by atoms with Crippen LogP contribution < -0.4 is 10.1 Å². The summed E-state index contributed by atoms with van der Waals surface area (Å²) < 4.78 is 50.9. The molecule has 7 nitrogen and oxygen atoms in total. The van der Waals surface area contributed by atoms with Crippen molar-refractivity contribution in [3.63, 3.8) is 0 Å². The molecule has 0 bridgehead atoms. The van der Waals surface area contributed by atoms with Crippen LogP contribution in [0.15, 0.2) is 53.4 Å². The van der Waals surface area contributed by atoms with Gasteiger partial charge in [-0.05, 0) is 43.3 Å². The molecule has 0 aliphatic carbocycles. The maximum Gasteiger partial charge on any atom is 0.265 e. The second kappa shape index (κ2) is 8.68. The highest BCUT2D eigenvalue weighted by Crippen LogP contribution is 2.21. The molecule has 1 aliphatic rings. The SMILES string of the molecule is CC(Oc1ccc(S(=O)(=O)N2CCOCC2)cc1)C(=O)Nc1ccccc1F. The first-order valence-corrected chi connectivity index (χ1v) is 10.2. The second-order valence-corrected chi connectivity index (χ2v) is 8.15. The van der Waals surface area contributed by atoms with Gasteiger partial charge in [-0.2, -0.15) is 4.31 Å². The van der Waals surface area contributed by atoms with E-state index in [1.165, 1.54) is 53.7 Å². The molecule has 1 N–H and O–H groups in total. The van der Waals surface area contributed by atoms with Gasteiger partial charge in [0.15, 0.2) is 6.10 Å². The van der Waals surface area contributed by atoms with Crippen LogP contribution in [0.4, 0.5) is 10.1 Å². The first-order chi connectivity index (χ1) is 13.4. The number of amides is 1. The fourth-order valence-corrected chi connectivity index (χ4v) is 4.09. The number of carbonyl (C=O) groups is 1. The maximum absolute atomic E-state index is 13.6. The molecule has 0 saturated carbocycles. The molecule has 1 heterocycles. The van der Waals surface area contributed by atoms with Gasteiger partial charge >= 0.3 is 0 Å². The van der Waals surface area contributed by atoms with Crippen molar-refractivity contribution < 1.29 is 27.1 Å². The molecule has 3 rings (SSSR count). The molecule has 1 amide bonds. The summed E-state index contributed by atoms with van der Waals surface area (Å²) in [6.45, 7) is 2.89. The number of hydrogen-bond acceptors (Lipinski definition) is 5. The van der Waals surface area contributed by atoms with Crippen LogP contribution in [-0.4, -0.2) is 51.0 Å². The number of carbonyl (C=O) groups excluding carboxylic acids is 1. The van der Waals surface area contributed by atoms with Gasteiger partial charge in [-0.1, -0.05) is 12.1 Å². The zero-order chi connectivity index (χ0) is 20.1. The Balaban J connectivity index is 1.63. The number of para-hydroxylation sites is 1. The third-order valence-electron chi connectivity index (χ3n) is 4.25. The number of sulfonamides is 1. The largest absolute Gasteiger partial charge is 0.481 e. The van der Waals surface area contributed by atoms with Gasteiger partial charge in [0.2, 0.25) is 10.0 Å². The maximum atomic E-state index is 13.6. The molecule has 28 heavy (non-hydrogen) atoms. The molecule has 2 aromatic rings. The summed E-state index contributed by atoms with van der Waals surface area (Å²) in [5.74, 6) is -0.729. The van der Waals surface area contributed by atoms with Crippen molar-refractivity contribution in [2.75, 3.05) is 31.6 Å². The summed E-state index contributed by atoms with van der Waals surface area (Å²) >= 11 is 0. The third kappa shape index (κ3) is 4.67. The molecule has 0 aromatic heterocycles. The van der Waals surface area contributed by atoms with Crippen molar-refractivity contribution in [1.82, 2.24) is 4.31 Å². The standard InChI is InChI=1S/C19H21FN2O5S/c1-14(19(23)21-18-5-3-2-4-17(18)20)27-15-6-8-16(9-7-15)28(24,25)22-10-12-26-13-11-22/h2-9,14H,10-13H2,1H3,(H,21,23). The fourth-order valence-electron chi connectivity index (χ4n) is 2.68. The van der Waals surface area contributed by atoms with Crippen LogP contribution in [0.1, 0.15) is 6.92 Å². The molecular formula is C19H21FN2O5S. The van der Waals surface area contributed by atoms with Gasteiger partial charge in [0.05, 0.1) is 23.8 Å². The topological polar surface area (TPSA) is 84.9 Å². The number of nitrogens with one attached hydrogen (secondary N) is 1. The number of nitrogens with zero attached hydrogens (tertiary/aromatic N) is 1. The van der Waals surface area contributed by atoms with Crippen LogP contribution in [0, 0.1) is 5.82 Å². The van der Waals surface area contributed by atoms with E-state index in [0.717, 1.165) is 0 Å². The Morgan fingerprint density at radius 2 is 1.79 bits per heavy atom. The number of rotatable bonds is 6. The number of benzene rings is 2. The average molecular weight is 408 g/mol. The molecule has 0 radical (unpaired) electrons. The average Bonchev–Trinajstić information content (AvgIpc) is 2.70. The highest BCUT2D eigenvalue weighted by Gasteiger charge is 2.26. The van der Waals surface area contributed by atoms with Gasteiger partial charge in [-0.15, -0.1) is 0 Å². The van der Waals surface area contributed by atoms with Crippen molar-refractivity contribution in [3.05, 3.63) is 54.3 Å². The molecule has 1 saturated heterocycles. The Bertz CT molecular complexity index is 928. The van der Waals surface area contributed by atoms with Crippen molar-refractivity contribution >= 4 is 21.6 Å². The van der Waals surface area contributed by atoms with Gasteiger partial charge in [0.1, 0.15) is 11.6 Å². The Morgan fingerprint density at radius 1 is 1.14 bits per heavy atom. The van der Waals surface area contributed by atoms with Crippen LogP contribution in [0.25, 0.3) is 0 Å². The van der Waals surface area contributed by atoms with Gasteiger partial charge < -0.3 is 14.8 Å². The molecule has 1 fully saturated rings. The normalized spacial score (nSPS) is 16.4. The first-order valence-electron chi connectivity index (χ1n) is 8.78. The van der Waals surface area contributed by atoms with E-state index in [0.29, 0.717) is 32.1 Å². The minimum atomic E-state index is -3.59. The monoisotopic (exact) mass is 408 g/mol. The van der Waals surface area contributed by atoms with Crippen LogP contribution in [0.5, 0.6) is 5.75 Å². The lowest BCUT2D eigenvalue weighted by atomic mass is 10.3. The number of anilines is 1. The van der Waals surface area contributed by atoms with E-state index in [2.05, 4.69) is 5.32 Å². The number of morpholine rings is 1. The van der Waals surface area contributed by atoms with Crippen molar-refractivity contribution in [2.45, 2.75) is 17.9 Å². The summed E-state index contributed by atoms with van der Waals surface area (Å²) in [6, 6.07) is 11.7. The smallest absolute Gasteiger partial charge is 0.265 e. The predicted octanol–water partition coefficient (Wildman–Crippen LogP) is 2.25. The van der Waals surface area contributed by atoms with Crippen LogP contribution in [0.2, 0.25) is 0 Å². The van der Waals surface area contributed by atoms with E-state index in [-0.39, 0.29) is 10.6 Å². The van der Waals surface area contributed by atoms with Crippen molar-refractivity contribution in [1.29, 1.82) is 0 Å². The van der Waals surface area contributed by atoms with E-state index in [1.807, 2.05) is 0 Å². The first kappa shape index (κ1) is 20.2. The number of hydrogen-bond donors (Lipinski definition) is 1. The van der Waals surface area contributed by atoms with Crippen LogP contribution >= 0.6 is 0 Å². The number of halogens is 1. The summed E-state index contributed by atoms with van der Waals surface area (Å²) in [6.07, 6.45) is -0.902. The molecular weight excluding hydrogens is 387 g/mol. The van der Waals surface area contributed by atoms with Gasteiger partial charge in [-0.25, -0.2) is 12.8 Å². The molecule has 0 spiro atoms. The minimum Gasteiger partial charge on any atom is -0.481 e. The van der Waals surface area contributed by atoms with E-state index in [4.69, 9.17) is 9.47 Å².